The molecule has 0 amide bonds. The summed E-state index contributed by atoms with van der Waals surface area (Å²) in [4.78, 5) is 9.28. The van der Waals surface area contributed by atoms with Gasteiger partial charge in [0.25, 0.3) is 0 Å². The summed E-state index contributed by atoms with van der Waals surface area (Å²) in [7, 11) is 3.26. The Kier molecular flexibility index (Phi) is 5.55. The highest BCUT2D eigenvalue weighted by Gasteiger charge is 2.20. The maximum atomic E-state index is 9.17. The zero-order valence-electron chi connectivity index (χ0n) is 17.1. The third-order valence-electron chi connectivity index (χ3n) is 5.33. The predicted molar refractivity (Wildman–Crippen MR) is 112 cm³/mol. The second-order valence-corrected chi connectivity index (χ2v) is 7.18. The third-order valence-corrected chi connectivity index (χ3v) is 5.33. The van der Waals surface area contributed by atoms with Crippen LogP contribution in [-0.4, -0.2) is 78.2 Å². The Balaban J connectivity index is 1.69. The minimum Gasteiger partial charge on any atom is -0.493 e. The summed E-state index contributed by atoms with van der Waals surface area (Å²) in [6, 6.07) is 9.88. The minimum absolute atomic E-state index is 0.201. The molecule has 0 spiro atoms. The summed E-state index contributed by atoms with van der Waals surface area (Å²) in [6.45, 7) is 6.57. The molecule has 8 nitrogen and oxygen atoms in total. The van der Waals surface area contributed by atoms with Crippen molar-refractivity contribution < 1.29 is 14.6 Å². The van der Waals surface area contributed by atoms with Gasteiger partial charge < -0.3 is 19.5 Å². The standard InChI is InChI=1S/C21H27N5O3/c1-15-12-21(25-8-6-24(7-9-25)10-11-27)26-20(22-15)14-17(23-26)16-4-5-18(28-2)19(13-16)29-3/h4-5,12-14,27H,6-11H2,1-3H3. The number of benzene rings is 1. The number of anilines is 1. The van der Waals surface area contributed by atoms with Crippen molar-refractivity contribution in [2.24, 2.45) is 0 Å². The van der Waals surface area contributed by atoms with E-state index in [2.05, 4.69) is 20.9 Å². The van der Waals surface area contributed by atoms with Gasteiger partial charge in [0.2, 0.25) is 0 Å². The smallest absolute Gasteiger partial charge is 0.161 e. The Labute approximate surface area is 170 Å². The second-order valence-electron chi connectivity index (χ2n) is 7.18. The molecule has 3 heterocycles. The first-order valence-corrected chi connectivity index (χ1v) is 9.81. The van der Waals surface area contributed by atoms with Crippen LogP contribution in [0.1, 0.15) is 5.69 Å². The molecule has 0 saturated carbocycles. The fourth-order valence-corrected chi connectivity index (χ4v) is 3.78. The van der Waals surface area contributed by atoms with Crippen molar-refractivity contribution in [1.82, 2.24) is 19.5 Å². The number of piperazine rings is 1. The van der Waals surface area contributed by atoms with Crippen molar-refractivity contribution in [3.8, 4) is 22.8 Å². The number of hydrogen-bond donors (Lipinski definition) is 1. The Morgan fingerprint density at radius 1 is 1.00 bits per heavy atom. The largest absolute Gasteiger partial charge is 0.493 e. The van der Waals surface area contributed by atoms with E-state index in [1.165, 1.54) is 0 Å². The number of fused-ring (bicyclic) bond motifs is 1. The zero-order valence-corrected chi connectivity index (χ0v) is 17.1. The van der Waals surface area contributed by atoms with Gasteiger partial charge in [-0.3, -0.25) is 4.90 Å². The molecule has 1 aliphatic rings. The van der Waals surface area contributed by atoms with Crippen LogP contribution >= 0.6 is 0 Å². The van der Waals surface area contributed by atoms with Crippen molar-refractivity contribution in [3.63, 3.8) is 0 Å². The van der Waals surface area contributed by atoms with Gasteiger partial charge in [-0.1, -0.05) is 0 Å². The van der Waals surface area contributed by atoms with E-state index >= 15 is 0 Å². The van der Waals surface area contributed by atoms with Gasteiger partial charge in [0.15, 0.2) is 17.1 Å². The first-order valence-electron chi connectivity index (χ1n) is 9.81. The maximum absolute atomic E-state index is 9.17. The molecule has 29 heavy (non-hydrogen) atoms. The highest BCUT2D eigenvalue weighted by Crippen LogP contribution is 2.32. The van der Waals surface area contributed by atoms with Crippen molar-refractivity contribution in [2.45, 2.75) is 6.92 Å². The van der Waals surface area contributed by atoms with Crippen LogP contribution in [0.4, 0.5) is 5.82 Å². The second kappa shape index (κ2) is 8.26. The Morgan fingerprint density at radius 3 is 2.45 bits per heavy atom. The summed E-state index contributed by atoms with van der Waals surface area (Å²) in [5, 5.41) is 14.0. The Hall–Kier alpha value is -2.84. The number of rotatable bonds is 6. The third kappa shape index (κ3) is 3.86. The molecule has 1 N–H and O–H groups in total. The number of nitrogens with zero attached hydrogens (tertiary/aromatic N) is 5. The first-order chi connectivity index (χ1) is 14.1. The van der Waals surface area contributed by atoms with Crippen LogP contribution in [0.2, 0.25) is 0 Å². The molecule has 0 radical (unpaired) electrons. The van der Waals surface area contributed by atoms with E-state index in [1.54, 1.807) is 14.2 Å². The monoisotopic (exact) mass is 397 g/mol. The van der Waals surface area contributed by atoms with Crippen molar-refractivity contribution in [3.05, 3.63) is 36.0 Å². The molecule has 1 aromatic carbocycles. The van der Waals surface area contributed by atoms with Gasteiger partial charge in [0.05, 0.1) is 26.5 Å². The maximum Gasteiger partial charge on any atom is 0.161 e. The lowest BCUT2D eigenvalue weighted by atomic mass is 10.1. The van der Waals surface area contributed by atoms with Crippen LogP contribution in [0.5, 0.6) is 11.5 Å². The Morgan fingerprint density at radius 2 is 1.76 bits per heavy atom. The van der Waals surface area contributed by atoms with Gasteiger partial charge >= 0.3 is 0 Å². The molecule has 0 atom stereocenters. The molecular formula is C21H27N5O3. The first kappa shape index (κ1) is 19.5. The molecule has 0 bridgehead atoms. The molecule has 1 fully saturated rings. The van der Waals surface area contributed by atoms with Crippen LogP contribution in [0, 0.1) is 6.92 Å². The van der Waals surface area contributed by atoms with Crippen LogP contribution in [0.3, 0.4) is 0 Å². The van der Waals surface area contributed by atoms with Gasteiger partial charge in [-0.25, -0.2) is 4.98 Å². The number of aliphatic hydroxyl groups excluding tert-OH is 1. The van der Waals surface area contributed by atoms with E-state index in [0.29, 0.717) is 11.5 Å². The summed E-state index contributed by atoms with van der Waals surface area (Å²) < 4.78 is 12.7. The SMILES string of the molecule is COc1ccc(-c2cc3nc(C)cc(N4CCN(CCO)CC4)n3n2)cc1OC. The number of aromatic nitrogens is 3. The summed E-state index contributed by atoms with van der Waals surface area (Å²) in [5.74, 6) is 2.41. The molecule has 0 unspecified atom stereocenters. The van der Waals surface area contributed by atoms with Crippen molar-refractivity contribution >= 4 is 11.5 Å². The summed E-state index contributed by atoms with van der Waals surface area (Å²) >= 11 is 0. The van der Waals surface area contributed by atoms with E-state index < -0.39 is 0 Å². The number of aliphatic hydroxyl groups is 1. The zero-order chi connectivity index (χ0) is 20.4. The van der Waals surface area contributed by atoms with Gasteiger partial charge in [-0.05, 0) is 25.1 Å². The van der Waals surface area contributed by atoms with E-state index in [-0.39, 0.29) is 6.61 Å². The minimum atomic E-state index is 0.201. The van der Waals surface area contributed by atoms with Crippen LogP contribution in [0.15, 0.2) is 30.3 Å². The molecule has 2 aromatic heterocycles. The lowest BCUT2D eigenvalue weighted by Gasteiger charge is -2.35. The fraction of sp³-hybridized carbons (Fsp3) is 0.429. The average Bonchev–Trinajstić information content (AvgIpc) is 3.17. The van der Waals surface area contributed by atoms with Crippen LogP contribution < -0.4 is 14.4 Å². The normalized spacial score (nSPS) is 15.1. The number of ether oxygens (including phenoxy) is 2. The molecule has 1 saturated heterocycles. The van der Waals surface area contributed by atoms with Gasteiger partial charge in [0.1, 0.15) is 5.82 Å². The molecule has 1 aliphatic heterocycles. The number of β-amino-alcohol motifs (C(OH)–C–C–N with tert-alkyl or cyclic N) is 1. The topological polar surface area (TPSA) is 75.4 Å². The van der Waals surface area contributed by atoms with E-state index in [9.17, 15) is 0 Å². The van der Waals surface area contributed by atoms with Gasteiger partial charge in [-0.15, -0.1) is 0 Å². The van der Waals surface area contributed by atoms with Gasteiger partial charge in [-0.2, -0.15) is 9.61 Å². The summed E-state index contributed by atoms with van der Waals surface area (Å²) in [5.41, 5.74) is 3.57. The van der Waals surface area contributed by atoms with Gasteiger partial charge in [0, 0.05) is 56.1 Å². The number of methoxy groups -OCH3 is 2. The fourth-order valence-electron chi connectivity index (χ4n) is 3.78. The molecule has 154 valence electrons. The molecular weight excluding hydrogens is 370 g/mol. The van der Waals surface area contributed by atoms with Crippen molar-refractivity contribution in [1.29, 1.82) is 0 Å². The highest BCUT2D eigenvalue weighted by atomic mass is 16.5. The number of aryl methyl sites for hydroxylation is 1. The van der Waals surface area contributed by atoms with Crippen LogP contribution in [-0.2, 0) is 0 Å². The number of hydrogen-bond acceptors (Lipinski definition) is 7. The predicted octanol–water partition coefficient (Wildman–Crippen LogP) is 1.84. The van der Waals surface area contributed by atoms with Crippen LogP contribution in [0.25, 0.3) is 16.9 Å². The Bertz CT molecular complexity index is 995. The molecule has 8 heteroatoms. The molecule has 4 rings (SSSR count). The lowest BCUT2D eigenvalue weighted by molar-refractivity contribution is 0.188. The highest BCUT2D eigenvalue weighted by molar-refractivity contribution is 5.68. The van der Waals surface area contributed by atoms with E-state index in [4.69, 9.17) is 19.7 Å². The average molecular weight is 397 g/mol. The van der Waals surface area contributed by atoms with E-state index in [0.717, 1.165) is 61.1 Å². The van der Waals surface area contributed by atoms with Crippen molar-refractivity contribution in [2.75, 3.05) is 58.5 Å². The molecule has 0 aliphatic carbocycles. The lowest BCUT2D eigenvalue weighted by Crippen LogP contribution is -2.47. The molecule has 3 aromatic rings. The quantitative estimate of drug-likeness (QED) is 0.680. The van der Waals surface area contributed by atoms with E-state index in [1.807, 2.05) is 35.7 Å². The summed E-state index contributed by atoms with van der Waals surface area (Å²) in [6.07, 6.45) is 0.